The molecule has 21 heavy (non-hydrogen) atoms. The molecule has 0 spiro atoms. The van der Waals surface area contributed by atoms with E-state index in [1.165, 1.54) is 0 Å². The summed E-state index contributed by atoms with van der Waals surface area (Å²) in [6.45, 7) is 5.18. The van der Waals surface area contributed by atoms with Gasteiger partial charge in [-0.2, -0.15) is 0 Å². The van der Waals surface area contributed by atoms with Gasteiger partial charge in [-0.3, -0.25) is 9.59 Å². The van der Waals surface area contributed by atoms with Crippen molar-refractivity contribution in [1.82, 2.24) is 9.80 Å². The second-order valence-corrected chi connectivity index (χ2v) is 6.43. The molecule has 118 valence electrons. The van der Waals surface area contributed by atoms with E-state index in [0.717, 1.165) is 25.7 Å². The molecule has 0 unspecified atom stereocenters. The number of amides is 2. The van der Waals surface area contributed by atoms with Crippen LogP contribution in [0.3, 0.4) is 0 Å². The summed E-state index contributed by atoms with van der Waals surface area (Å²) in [4.78, 5) is 27.5. The van der Waals surface area contributed by atoms with Crippen molar-refractivity contribution in [3.63, 3.8) is 0 Å². The first kappa shape index (κ1) is 16.0. The number of hydrogen-bond acceptors (Lipinski definition) is 3. The van der Waals surface area contributed by atoms with E-state index < -0.39 is 5.60 Å². The summed E-state index contributed by atoms with van der Waals surface area (Å²) in [7, 11) is 1.77. The van der Waals surface area contributed by atoms with Gasteiger partial charge in [0, 0.05) is 33.1 Å². The van der Waals surface area contributed by atoms with Gasteiger partial charge in [-0.05, 0) is 19.3 Å². The molecule has 1 heterocycles. The van der Waals surface area contributed by atoms with Gasteiger partial charge in [0.1, 0.15) is 0 Å². The van der Waals surface area contributed by atoms with Crippen LogP contribution in [0.15, 0.2) is 12.7 Å². The van der Waals surface area contributed by atoms with Crippen molar-refractivity contribution in [3.05, 3.63) is 12.7 Å². The molecule has 2 rings (SSSR count). The van der Waals surface area contributed by atoms with Crippen molar-refractivity contribution in [2.75, 3.05) is 26.7 Å². The summed E-state index contributed by atoms with van der Waals surface area (Å²) in [6, 6.07) is 0. The van der Waals surface area contributed by atoms with Crippen LogP contribution in [-0.4, -0.2) is 59.0 Å². The summed E-state index contributed by atoms with van der Waals surface area (Å²) in [6.07, 6.45) is 6.43. The van der Waals surface area contributed by atoms with E-state index in [1.54, 1.807) is 22.9 Å². The quantitative estimate of drug-likeness (QED) is 0.748. The fraction of sp³-hybridized carbons (Fsp3) is 0.750. The van der Waals surface area contributed by atoms with Crippen LogP contribution >= 0.6 is 0 Å². The molecule has 5 nitrogen and oxygen atoms in total. The zero-order valence-corrected chi connectivity index (χ0v) is 12.9. The van der Waals surface area contributed by atoms with Crippen LogP contribution in [0.2, 0.25) is 0 Å². The molecule has 0 aromatic heterocycles. The van der Waals surface area contributed by atoms with Gasteiger partial charge in [-0.25, -0.2) is 0 Å². The van der Waals surface area contributed by atoms with Crippen LogP contribution < -0.4 is 0 Å². The van der Waals surface area contributed by atoms with Gasteiger partial charge < -0.3 is 14.9 Å². The van der Waals surface area contributed by atoms with E-state index in [-0.39, 0.29) is 17.7 Å². The lowest BCUT2D eigenvalue weighted by Gasteiger charge is -2.27. The first-order valence-corrected chi connectivity index (χ1v) is 7.81. The number of aliphatic hydroxyl groups is 1. The molecule has 2 fully saturated rings. The van der Waals surface area contributed by atoms with Crippen molar-refractivity contribution < 1.29 is 14.7 Å². The second kappa shape index (κ2) is 6.60. The fourth-order valence-corrected chi connectivity index (χ4v) is 3.35. The third-order valence-corrected chi connectivity index (χ3v) is 4.74. The summed E-state index contributed by atoms with van der Waals surface area (Å²) in [5.41, 5.74) is -0.588. The number of hydrogen-bond donors (Lipinski definition) is 1. The highest BCUT2D eigenvalue weighted by Gasteiger charge is 2.36. The molecule has 1 saturated carbocycles. The molecule has 2 amide bonds. The van der Waals surface area contributed by atoms with Crippen LogP contribution in [0.1, 0.15) is 38.5 Å². The van der Waals surface area contributed by atoms with Crippen LogP contribution in [0.5, 0.6) is 0 Å². The second-order valence-electron chi connectivity index (χ2n) is 6.43. The number of carbonyl (C=O) groups excluding carboxylic acids is 2. The highest BCUT2D eigenvalue weighted by atomic mass is 16.3. The molecule has 5 heteroatoms. The summed E-state index contributed by atoms with van der Waals surface area (Å²) in [5, 5.41) is 10.3. The number of carbonyl (C=O) groups is 2. The first-order chi connectivity index (χ1) is 9.95. The molecule has 1 atom stereocenters. The number of nitrogens with zero attached hydrogens (tertiary/aromatic N) is 2. The average Bonchev–Trinajstić information content (AvgIpc) is 3.04. The predicted octanol–water partition coefficient (Wildman–Crippen LogP) is 1.17. The summed E-state index contributed by atoms with van der Waals surface area (Å²) >= 11 is 0. The van der Waals surface area contributed by atoms with Crippen molar-refractivity contribution in [3.8, 4) is 0 Å². The highest BCUT2D eigenvalue weighted by Crippen LogP contribution is 2.32. The molecule has 0 bridgehead atoms. The minimum Gasteiger partial charge on any atom is -0.390 e. The first-order valence-electron chi connectivity index (χ1n) is 7.81. The summed E-state index contributed by atoms with van der Waals surface area (Å²) < 4.78 is 0. The minimum atomic E-state index is -0.588. The maximum absolute atomic E-state index is 12.4. The van der Waals surface area contributed by atoms with Gasteiger partial charge in [0.25, 0.3) is 0 Å². The Labute approximate surface area is 126 Å². The van der Waals surface area contributed by atoms with E-state index in [4.69, 9.17) is 0 Å². The normalized spacial score (nSPS) is 24.4. The molecule has 1 aliphatic carbocycles. The molecule has 0 aromatic rings. The smallest absolute Gasteiger partial charge is 0.227 e. The number of likely N-dealkylation sites (tertiary alicyclic amines) is 1. The molecular weight excluding hydrogens is 268 g/mol. The van der Waals surface area contributed by atoms with Gasteiger partial charge in [0.05, 0.1) is 11.5 Å². The van der Waals surface area contributed by atoms with Crippen LogP contribution in [0.4, 0.5) is 0 Å². The van der Waals surface area contributed by atoms with E-state index in [9.17, 15) is 14.7 Å². The van der Waals surface area contributed by atoms with Gasteiger partial charge in [-0.1, -0.05) is 18.9 Å². The average molecular weight is 294 g/mol. The molecule has 1 aliphatic heterocycles. The lowest BCUT2D eigenvalue weighted by Crippen LogP contribution is -2.38. The van der Waals surface area contributed by atoms with E-state index in [2.05, 4.69) is 6.58 Å². The van der Waals surface area contributed by atoms with E-state index >= 15 is 0 Å². The maximum atomic E-state index is 12.4. The predicted molar refractivity (Wildman–Crippen MR) is 80.6 cm³/mol. The van der Waals surface area contributed by atoms with Gasteiger partial charge in [0.15, 0.2) is 0 Å². The monoisotopic (exact) mass is 294 g/mol. The Morgan fingerprint density at radius 3 is 2.81 bits per heavy atom. The fourth-order valence-electron chi connectivity index (χ4n) is 3.35. The van der Waals surface area contributed by atoms with Gasteiger partial charge in [0.2, 0.25) is 11.8 Å². The molecule has 1 N–H and O–H groups in total. The van der Waals surface area contributed by atoms with Gasteiger partial charge >= 0.3 is 0 Å². The van der Waals surface area contributed by atoms with E-state index in [1.807, 2.05) is 0 Å². The lowest BCUT2D eigenvalue weighted by atomic mass is 9.97. The third-order valence-electron chi connectivity index (χ3n) is 4.74. The zero-order valence-electron chi connectivity index (χ0n) is 12.9. The van der Waals surface area contributed by atoms with E-state index in [0.29, 0.717) is 32.5 Å². The Morgan fingerprint density at radius 1 is 1.52 bits per heavy atom. The molecule has 1 saturated heterocycles. The molecule has 0 aromatic carbocycles. The molecular formula is C16H26N2O3. The van der Waals surface area contributed by atoms with Gasteiger partial charge in [-0.15, -0.1) is 6.58 Å². The molecule has 2 aliphatic rings. The van der Waals surface area contributed by atoms with Crippen LogP contribution in [0.25, 0.3) is 0 Å². The van der Waals surface area contributed by atoms with Crippen molar-refractivity contribution >= 4 is 11.8 Å². The van der Waals surface area contributed by atoms with Crippen LogP contribution in [0, 0.1) is 5.92 Å². The largest absolute Gasteiger partial charge is 0.390 e. The zero-order chi connectivity index (χ0) is 15.5. The molecule has 0 radical (unpaired) electrons. The van der Waals surface area contributed by atoms with Crippen molar-refractivity contribution in [2.45, 2.75) is 44.1 Å². The van der Waals surface area contributed by atoms with Crippen LogP contribution in [-0.2, 0) is 9.59 Å². The Morgan fingerprint density at radius 2 is 2.19 bits per heavy atom. The van der Waals surface area contributed by atoms with Crippen molar-refractivity contribution in [2.24, 2.45) is 5.92 Å². The summed E-state index contributed by atoms with van der Waals surface area (Å²) in [5.74, 6) is -0.215. The third kappa shape index (κ3) is 3.84. The standard InChI is InChI=1S/C16H26N2O3/c1-3-9-18-12-13(11-14(18)19)15(20)17(2)10-8-16(21)6-4-5-7-16/h3,13,21H,1,4-12H2,2H3/t13-/m0/s1. The Balaban J connectivity index is 1.82. The number of rotatable bonds is 6. The SMILES string of the molecule is C=CCN1C[C@@H](C(=O)N(C)CCC2(O)CCCC2)CC1=O. The Kier molecular flexibility index (Phi) is 5.04. The van der Waals surface area contributed by atoms with Crippen molar-refractivity contribution in [1.29, 1.82) is 0 Å². The Bertz CT molecular complexity index is 416. The topological polar surface area (TPSA) is 60.9 Å². The minimum absolute atomic E-state index is 0.0107. The lowest BCUT2D eigenvalue weighted by molar-refractivity contribution is -0.135. The Hall–Kier alpha value is -1.36. The highest BCUT2D eigenvalue weighted by molar-refractivity contribution is 5.89. The maximum Gasteiger partial charge on any atom is 0.227 e.